The number of nitrogens with two attached hydrogens (primary N) is 2. The van der Waals surface area contributed by atoms with Crippen molar-refractivity contribution in [2.24, 2.45) is 11.6 Å². The molecule has 4 N–H and O–H groups in total. The van der Waals surface area contributed by atoms with Crippen molar-refractivity contribution in [3.05, 3.63) is 65.2 Å². The largest absolute Gasteiger partial charge is 0.396 e. The SMILES string of the molecule is CC.CC(C)N1Cc2ccccc2/C(N(C)N)=C(/N)c2ccccc21. The van der Waals surface area contributed by atoms with Crippen LogP contribution in [0.2, 0.25) is 0 Å². The molecule has 0 amide bonds. The van der Waals surface area contributed by atoms with E-state index in [9.17, 15) is 0 Å². The van der Waals surface area contributed by atoms with E-state index in [1.54, 1.807) is 5.01 Å². The molecule has 4 heteroatoms. The predicted molar refractivity (Wildman–Crippen MR) is 109 cm³/mol. The Bertz CT molecular complexity index is 747. The van der Waals surface area contributed by atoms with Crippen LogP contribution >= 0.6 is 0 Å². The molecule has 2 aromatic carbocycles. The van der Waals surface area contributed by atoms with Crippen LogP contribution < -0.4 is 16.5 Å². The highest BCUT2D eigenvalue weighted by molar-refractivity contribution is 5.93. The van der Waals surface area contributed by atoms with E-state index < -0.39 is 0 Å². The Hall–Kier alpha value is -2.46. The van der Waals surface area contributed by atoms with Gasteiger partial charge in [-0.2, -0.15) is 0 Å². The fourth-order valence-electron chi connectivity index (χ4n) is 3.22. The van der Waals surface area contributed by atoms with Crippen molar-refractivity contribution >= 4 is 17.1 Å². The smallest absolute Gasteiger partial charge is 0.0826 e. The molecule has 0 saturated carbocycles. The monoisotopic (exact) mass is 338 g/mol. The van der Waals surface area contributed by atoms with Crippen molar-refractivity contribution in [3.8, 4) is 0 Å². The van der Waals surface area contributed by atoms with Gasteiger partial charge in [-0.15, -0.1) is 0 Å². The van der Waals surface area contributed by atoms with E-state index in [1.165, 1.54) is 5.56 Å². The molecule has 0 fully saturated rings. The summed E-state index contributed by atoms with van der Waals surface area (Å²) in [6.45, 7) is 9.24. The Morgan fingerprint density at radius 2 is 1.52 bits per heavy atom. The average Bonchev–Trinajstić information content (AvgIpc) is 2.61. The first-order chi connectivity index (χ1) is 12.0. The van der Waals surface area contributed by atoms with Crippen molar-refractivity contribution in [3.63, 3.8) is 0 Å². The van der Waals surface area contributed by atoms with Crippen LogP contribution in [0.4, 0.5) is 5.69 Å². The molecule has 1 aliphatic rings. The van der Waals surface area contributed by atoms with Gasteiger partial charge in [-0.1, -0.05) is 56.3 Å². The zero-order valence-electron chi connectivity index (χ0n) is 16.0. The molecule has 0 spiro atoms. The highest BCUT2D eigenvalue weighted by atomic mass is 15.4. The highest BCUT2D eigenvalue weighted by Gasteiger charge is 2.24. The first-order valence-corrected chi connectivity index (χ1v) is 8.93. The molecule has 1 heterocycles. The van der Waals surface area contributed by atoms with Crippen LogP contribution in [0.1, 0.15) is 44.4 Å². The van der Waals surface area contributed by atoms with E-state index in [1.807, 2.05) is 33.0 Å². The molecular formula is C21H30N4. The summed E-state index contributed by atoms with van der Waals surface area (Å²) in [5.41, 5.74) is 12.7. The molecule has 3 rings (SSSR count). The Balaban J connectivity index is 0.00000109. The topological polar surface area (TPSA) is 58.5 Å². The van der Waals surface area contributed by atoms with Gasteiger partial charge in [0.1, 0.15) is 0 Å². The van der Waals surface area contributed by atoms with Gasteiger partial charge in [-0.25, -0.2) is 5.84 Å². The molecule has 0 unspecified atom stereocenters. The lowest BCUT2D eigenvalue weighted by Gasteiger charge is -2.35. The number of para-hydroxylation sites is 1. The van der Waals surface area contributed by atoms with Crippen molar-refractivity contribution in [1.29, 1.82) is 0 Å². The Kier molecular flexibility index (Phi) is 6.10. The van der Waals surface area contributed by atoms with Crippen LogP contribution in [0.25, 0.3) is 11.4 Å². The third-order valence-corrected chi connectivity index (χ3v) is 4.35. The lowest BCUT2D eigenvalue weighted by Crippen LogP contribution is -2.34. The van der Waals surface area contributed by atoms with Gasteiger partial charge < -0.3 is 15.6 Å². The molecule has 2 aromatic rings. The van der Waals surface area contributed by atoms with Crippen LogP contribution in [0.15, 0.2) is 48.5 Å². The van der Waals surface area contributed by atoms with Gasteiger partial charge in [0.25, 0.3) is 0 Å². The Morgan fingerprint density at radius 1 is 0.960 bits per heavy atom. The van der Waals surface area contributed by atoms with Crippen LogP contribution in [0.5, 0.6) is 0 Å². The van der Waals surface area contributed by atoms with Crippen molar-refractivity contribution in [2.45, 2.75) is 40.3 Å². The van der Waals surface area contributed by atoms with E-state index in [0.717, 1.165) is 29.1 Å². The van der Waals surface area contributed by atoms with Crippen LogP contribution in [0, 0.1) is 0 Å². The number of hydrogen-bond donors (Lipinski definition) is 2. The maximum atomic E-state index is 6.57. The normalized spacial score (nSPS) is 16.2. The minimum atomic E-state index is 0.370. The highest BCUT2D eigenvalue weighted by Crippen LogP contribution is 2.36. The number of fused-ring (bicyclic) bond motifs is 2. The van der Waals surface area contributed by atoms with Gasteiger partial charge in [-0.3, -0.25) is 0 Å². The first kappa shape index (κ1) is 18.9. The summed E-state index contributed by atoms with van der Waals surface area (Å²) in [6, 6.07) is 17.0. The molecule has 0 atom stereocenters. The molecule has 25 heavy (non-hydrogen) atoms. The van der Waals surface area contributed by atoms with Crippen LogP contribution in [-0.2, 0) is 6.54 Å². The summed E-state index contributed by atoms with van der Waals surface area (Å²) in [6.07, 6.45) is 0. The number of hydrogen-bond acceptors (Lipinski definition) is 4. The second-order valence-electron chi connectivity index (χ2n) is 6.27. The zero-order valence-corrected chi connectivity index (χ0v) is 16.0. The fraction of sp³-hybridized carbons (Fsp3) is 0.333. The minimum absolute atomic E-state index is 0.370. The zero-order chi connectivity index (χ0) is 18.6. The third-order valence-electron chi connectivity index (χ3n) is 4.35. The minimum Gasteiger partial charge on any atom is -0.396 e. The third kappa shape index (κ3) is 3.64. The van der Waals surface area contributed by atoms with Crippen LogP contribution in [-0.4, -0.2) is 18.1 Å². The molecule has 0 aliphatic carbocycles. The fourth-order valence-corrected chi connectivity index (χ4v) is 3.22. The summed E-state index contributed by atoms with van der Waals surface area (Å²) in [5.74, 6) is 6.13. The van der Waals surface area contributed by atoms with E-state index in [0.29, 0.717) is 11.7 Å². The van der Waals surface area contributed by atoms with Gasteiger partial charge in [0.15, 0.2) is 0 Å². The van der Waals surface area contributed by atoms with E-state index >= 15 is 0 Å². The molecule has 0 bridgehead atoms. The van der Waals surface area contributed by atoms with E-state index in [2.05, 4.69) is 55.1 Å². The summed E-state index contributed by atoms with van der Waals surface area (Å²) >= 11 is 0. The summed E-state index contributed by atoms with van der Waals surface area (Å²) in [7, 11) is 1.84. The standard InChI is InChI=1S/C19H24N4.C2H6/c1-13(2)23-12-14-8-4-5-9-15(14)19(22(3)21)18(20)16-10-6-7-11-17(16)23;1-2/h4-11,13H,12,20-21H2,1-3H3;1-2H3/b19-18-;. The maximum absolute atomic E-state index is 6.57. The molecule has 134 valence electrons. The summed E-state index contributed by atoms with van der Waals surface area (Å²) in [5, 5.41) is 1.62. The summed E-state index contributed by atoms with van der Waals surface area (Å²) in [4.78, 5) is 2.38. The second-order valence-corrected chi connectivity index (χ2v) is 6.27. The molecule has 0 saturated heterocycles. The molecule has 0 radical (unpaired) electrons. The molecule has 0 aromatic heterocycles. The lowest BCUT2D eigenvalue weighted by molar-refractivity contribution is 0.510. The predicted octanol–water partition coefficient (Wildman–Crippen LogP) is 4.03. The number of rotatable bonds is 2. The second kappa shape index (κ2) is 8.08. The van der Waals surface area contributed by atoms with Gasteiger partial charge in [-0.05, 0) is 25.5 Å². The lowest BCUT2D eigenvalue weighted by atomic mass is 9.95. The number of benzene rings is 2. The van der Waals surface area contributed by atoms with E-state index in [-0.39, 0.29) is 0 Å². The van der Waals surface area contributed by atoms with E-state index in [4.69, 9.17) is 11.6 Å². The quantitative estimate of drug-likeness (QED) is 0.641. The van der Waals surface area contributed by atoms with Gasteiger partial charge >= 0.3 is 0 Å². The molecule has 1 aliphatic heterocycles. The van der Waals surface area contributed by atoms with Crippen LogP contribution in [0.3, 0.4) is 0 Å². The number of hydrazine groups is 1. The number of anilines is 1. The molecule has 4 nitrogen and oxygen atoms in total. The van der Waals surface area contributed by atoms with Gasteiger partial charge in [0.2, 0.25) is 0 Å². The molecular weight excluding hydrogens is 308 g/mol. The Labute approximate surface area is 151 Å². The van der Waals surface area contributed by atoms with Crippen molar-refractivity contribution in [1.82, 2.24) is 5.01 Å². The number of nitrogens with zero attached hydrogens (tertiary/aromatic N) is 2. The Morgan fingerprint density at radius 3 is 2.12 bits per heavy atom. The summed E-state index contributed by atoms with van der Waals surface area (Å²) < 4.78 is 0. The maximum Gasteiger partial charge on any atom is 0.0826 e. The average molecular weight is 338 g/mol. The first-order valence-electron chi connectivity index (χ1n) is 8.93. The van der Waals surface area contributed by atoms with Crippen molar-refractivity contribution < 1.29 is 0 Å². The van der Waals surface area contributed by atoms with Crippen molar-refractivity contribution in [2.75, 3.05) is 11.9 Å². The van der Waals surface area contributed by atoms with Gasteiger partial charge in [0.05, 0.1) is 11.4 Å². The van der Waals surface area contributed by atoms with Gasteiger partial charge in [0, 0.05) is 36.4 Å².